The molecule has 9 atom stereocenters. The van der Waals surface area contributed by atoms with Gasteiger partial charge in [-0.3, -0.25) is 4.79 Å². The zero-order chi connectivity index (χ0) is 31.5. The Labute approximate surface area is 258 Å². The molecule has 1 saturated carbocycles. The minimum absolute atomic E-state index is 0.103. The van der Waals surface area contributed by atoms with E-state index in [0.717, 1.165) is 5.56 Å². The van der Waals surface area contributed by atoms with Crippen molar-refractivity contribution in [1.29, 1.82) is 0 Å². The predicted molar refractivity (Wildman–Crippen MR) is 156 cm³/mol. The Morgan fingerprint density at radius 3 is 2.45 bits per heavy atom. The number of oxime groups is 1. The maximum absolute atomic E-state index is 12.8. The number of benzene rings is 2. The van der Waals surface area contributed by atoms with Gasteiger partial charge in [-0.2, -0.15) is 0 Å². The van der Waals surface area contributed by atoms with Crippen LogP contribution in [0.25, 0.3) is 6.08 Å². The van der Waals surface area contributed by atoms with Gasteiger partial charge in [0.2, 0.25) is 12.2 Å². The lowest BCUT2D eigenvalue weighted by atomic mass is 9.83. The van der Waals surface area contributed by atoms with Crippen LogP contribution in [0, 0.1) is 0 Å². The smallest absolute Gasteiger partial charge is 0.247 e. The van der Waals surface area contributed by atoms with Crippen LogP contribution >= 0.6 is 11.6 Å². The highest BCUT2D eigenvalue weighted by atomic mass is 35.5. The van der Waals surface area contributed by atoms with Gasteiger partial charge in [-0.15, -0.1) is 0 Å². The second kappa shape index (κ2) is 13.8. The third-order valence-electron chi connectivity index (χ3n) is 7.73. The molecule has 1 unspecified atom stereocenters. The molecule has 2 aromatic rings. The van der Waals surface area contributed by atoms with E-state index in [1.54, 1.807) is 25.1 Å². The van der Waals surface area contributed by atoms with Crippen LogP contribution in [0.4, 0.5) is 0 Å². The Morgan fingerprint density at radius 1 is 1.05 bits per heavy atom. The van der Waals surface area contributed by atoms with Gasteiger partial charge in [0, 0.05) is 17.0 Å². The molecule has 13 nitrogen and oxygen atoms in total. The van der Waals surface area contributed by atoms with Crippen molar-refractivity contribution in [2.45, 2.75) is 81.9 Å². The number of amides is 1. The van der Waals surface area contributed by atoms with E-state index in [1.807, 2.05) is 12.1 Å². The fourth-order valence-corrected chi connectivity index (χ4v) is 5.45. The van der Waals surface area contributed by atoms with E-state index in [0.29, 0.717) is 16.3 Å². The van der Waals surface area contributed by atoms with Crippen LogP contribution in [0.15, 0.2) is 53.2 Å². The van der Waals surface area contributed by atoms with E-state index < -0.39 is 61.0 Å². The molecule has 1 aliphatic carbocycles. The number of rotatable bonds is 9. The summed E-state index contributed by atoms with van der Waals surface area (Å²) in [5, 5.41) is 59.6. The van der Waals surface area contributed by atoms with Gasteiger partial charge in [-0.25, -0.2) is 0 Å². The number of nitrogens with one attached hydrogen (secondary N) is 1. The average molecular weight is 635 g/mol. The summed E-state index contributed by atoms with van der Waals surface area (Å²) in [6.45, 7) is 3.26. The first-order chi connectivity index (χ1) is 21.0. The molecule has 238 valence electrons. The predicted octanol–water partition coefficient (Wildman–Crippen LogP) is 1.22. The van der Waals surface area contributed by atoms with Crippen molar-refractivity contribution in [2.24, 2.45) is 5.16 Å². The van der Waals surface area contributed by atoms with Crippen LogP contribution in [0.5, 0.6) is 11.5 Å². The van der Waals surface area contributed by atoms with Gasteiger partial charge in [-0.05, 0) is 55.3 Å². The summed E-state index contributed by atoms with van der Waals surface area (Å²) in [7, 11) is 0. The lowest BCUT2D eigenvalue weighted by molar-refractivity contribution is -0.155. The fraction of sp³-hybridized carbons (Fsp3) is 0.467. The maximum atomic E-state index is 12.8. The van der Waals surface area contributed by atoms with Crippen LogP contribution in [0.2, 0.25) is 5.02 Å². The molecule has 2 heterocycles. The van der Waals surface area contributed by atoms with Crippen molar-refractivity contribution in [3.05, 3.63) is 64.2 Å². The first-order valence-electron chi connectivity index (χ1n) is 14.0. The zero-order valence-electron chi connectivity index (χ0n) is 23.9. The van der Waals surface area contributed by atoms with Crippen molar-refractivity contribution in [3.63, 3.8) is 0 Å². The van der Waals surface area contributed by atoms with E-state index in [9.17, 15) is 30.3 Å². The van der Waals surface area contributed by atoms with E-state index >= 15 is 0 Å². The topological polar surface area (TPSA) is 189 Å². The Hall–Kier alpha value is -3.27. The average Bonchev–Trinajstić information content (AvgIpc) is 3.63. The number of hydrogen-bond acceptors (Lipinski definition) is 12. The Morgan fingerprint density at radius 2 is 1.75 bits per heavy atom. The number of carbonyl (C=O) groups excluding carboxylic acids is 1. The SMILES string of the molecule is C/C(=C\c1ccc(O[C@H]2C[C@H](O)[C@@H](/C(C)=N/OCc3ccc(Cl)cc3)O2)c(O)c1)C(=O)NC1[C@@H](O)[C@@H]2OCO[C@@H]2[C@H](O)[C@H]1O. The molecule has 0 bridgehead atoms. The molecular weight excluding hydrogens is 600 g/mol. The van der Waals surface area contributed by atoms with Crippen molar-refractivity contribution in [2.75, 3.05) is 6.79 Å². The van der Waals surface area contributed by atoms with Crippen molar-refractivity contribution in [1.82, 2.24) is 5.32 Å². The van der Waals surface area contributed by atoms with Gasteiger partial charge in [-0.1, -0.05) is 35.0 Å². The van der Waals surface area contributed by atoms with Gasteiger partial charge in [0.05, 0.1) is 17.9 Å². The molecule has 0 radical (unpaired) electrons. The summed E-state index contributed by atoms with van der Waals surface area (Å²) < 4.78 is 22.1. The third-order valence-corrected chi connectivity index (χ3v) is 7.98. The standard InChI is InChI=1S/C30H35ClN2O11/c1-14(30(39)32-23-24(36)26(38)29-28(25(23)37)40-13-41-29)9-17-5-8-21(19(34)10-17)43-22-11-20(35)27(44-22)15(2)33-42-12-16-3-6-18(31)7-4-16/h3-10,20,22-29,34-38H,11-13H2,1-2H3,(H,32,39)/b14-9+,33-15+/t20-,22+,23?,24-,25+,26+,27+,28-,29+/m0/s1. The lowest BCUT2D eigenvalue weighted by Gasteiger charge is -2.41. The van der Waals surface area contributed by atoms with E-state index in [4.69, 9.17) is 35.4 Å². The molecular formula is C30H35ClN2O11. The van der Waals surface area contributed by atoms with Crippen molar-refractivity contribution in [3.8, 4) is 11.5 Å². The summed E-state index contributed by atoms with van der Waals surface area (Å²) in [6, 6.07) is 10.4. The second-order valence-electron chi connectivity index (χ2n) is 10.9. The van der Waals surface area contributed by atoms with E-state index in [1.165, 1.54) is 25.1 Å². The molecule has 5 rings (SSSR count). The number of aliphatic hydroxyl groups is 4. The molecule has 2 aromatic carbocycles. The van der Waals surface area contributed by atoms with Crippen molar-refractivity contribution >= 4 is 29.3 Å². The van der Waals surface area contributed by atoms with Crippen LogP contribution in [-0.2, 0) is 30.4 Å². The Balaban J connectivity index is 1.15. The summed E-state index contributed by atoms with van der Waals surface area (Å²) >= 11 is 5.89. The second-order valence-corrected chi connectivity index (χ2v) is 11.4. The molecule has 0 aromatic heterocycles. The van der Waals surface area contributed by atoms with Crippen LogP contribution in [0.1, 0.15) is 31.4 Å². The summed E-state index contributed by atoms with van der Waals surface area (Å²) in [5.74, 6) is -0.728. The number of fused-ring (bicyclic) bond motifs is 1. The van der Waals surface area contributed by atoms with Gasteiger partial charge in [0.1, 0.15) is 50.0 Å². The number of ether oxygens (including phenoxy) is 4. The molecule has 3 fully saturated rings. The van der Waals surface area contributed by atoms with Crippen molar-refractivity contribution < 1.29 is 54.1 Å². The number of carbonyl (C=O) groups is 1. The van der Waals surface area contributed by atoms with Gasteiger partial charge < -0.3 is 54.6 Å². The highest BCUT2D eigenvalue weighted by Gasteiger charge is 2.53. The number of phenolic OH excluding ortho intramolecular Hbond substituents is 1. The first-order valence-corrected chi connectivity index (χ1v) is 14.4. The summed E-state index contributed by atoms with van der Waals surface area (Å²) in [5.41, 5.74) is 1.96. The number of nitrogens with zero attached hydrogens (tertiary/aromatic N) is 1. The molecule has 14 heteroatoms. The Kier molecular flexibility index (Phi) is 10.1. The molecule has 2 saturated heterocycles. The normalized spacial score (nSPS) is 32.3. The number of phenols is 1. The quantitative estimate of drug-likeness (QED) is 0.132. The highest BCUT2D eigenvalue weighted by Crippen LogP contribution is 2.33. The minimum atomic E-state index is -1.47. The maximum Gasteiger partial charge on any atom is 0.247 e. The molecule has 0 spiro atoms. The molecule has 2 aliphatic heterocycles. The van der Waals surface area contributed by atoms with Gasteiger partial charge in [0.15, 0.2) is 11.5 Å². The number of aliphatic hydroxyl groups excluding tert-OH is 4. The first kappa shape index (κ1) is 32.1. The number of aromatic hydroxyl groups is 1. The van der Waals surface area contributed by atoms with E-state index in [-0.39, 0.29) is 36.9 Å². The van der Waals surface area contributed by atoms with Gasteiger partial charge in [0.25, 0.3) is 0 Å². The molecule has 3 aliphatic rings. The molecule has 6 N–H and O–H groups in total. The van der Waals surface area contributed by atoms with Crippen LogP contribution in [-0.4, -0.2) is 99.0 Å². The van der Waals surface area contributed by atoms with Crippen LogP contribution in [0.3, 0.4) is 0 Å². The third kappa shape index (κ3) is 7.16. The largest absolute Gasteiger partial charge is 0.504 e. The minimum Gasteiger partial charge on any atom is -0.504 e. The molecule has 1 amide bonds. The fourth-order valence-electron chi connectivity index (χ4n) is 5.33. The zero-order valence-corrected chi connectivity index (χ0v) is 24.7. The van der Waals surface area contributed by atoms with Gasteiger partial charge >= 0.3 is 0 Å². The summed E-state index contributed by atoms with van der Waals surface area (Å²) in [4.78, 5) is 18.2. The van der Waals surface area contributed by atoms with Crippen LogP contribution < -0.4 is 10.1 Å². The lowest BCUT2D eigenvalue weighted by Crippen LogP contribution is -2.67. The number of hydrogen-bond donors (Lipinski definition) is 6. The summed E-state index contributed by atoms with van der Waals surface area (Å²) in [6.07, 6.45) is -6.84. The Bertz CT molecular complexity index is 1390. The molecule has 44 heavy (non-hydrogen) atoms. The number of halogens is 1. The highest BCUT2D eigenvalue weighted by molar-refractivity contribution is 6.30. The monoisotopic (exact) mass is 634 g/mol. The van der Waals surface area contributed by atoms with E-state index in [2.05, 4.69) is 10.5 Å².